The Morgan fingerprint density at radius 1 is 1.19 bits per heavy atom. The monoisotopic (exact) mass is 370 g/mol. The van der Waals surface area contributed by atoms with E-state index in [0.717, 1.165) is 25.0 Å². The molecule has 0 atom stereocenters. The van der Waals surface area contributed by atoms with Crippen LogP contribution in [0.2, 0.25) is 10.0 Å². The average molecular weight is 371 g/mol. The van der Waals surface area contributed by atoms with Gasteiger partial charge >= 0.3 is 0 Å². The van der Waals surface area contributed by atoms with E-state index >= 15 is 0 Å². The molecule has 3 N–H and O–H groups in total. The maximum Gasteiger partial charge on any atom is 0.242 e. The number of nitrogens with two attached hydrogens (primary N) is 1. The molecule has 0 fully saturated rings. The zero-order valence-corrected chi connectivity index (χ0v) is 15.0. The van der Waals surface area contributed by atoms with Crippen LogP contribution in [-0.2, 0) is 16.6 Å². The maximum absolute atomic E-state index is 12.2. The fourth-order valence-electron chi connectivity index (χ4n) is 1.77. The summed E-state index contributed by atoms with van der Waals surface area (Å²) < 4.78 is 27.0. The van der Waals surface area contributed by atoms with Crippen molar-refractivity contribution in [3.8, 4) is 0 Å². The van der Waals surface area contributed by atoms with E-state index in [4.69, 9.17) is 28.9 Å². The number of hydrogen-bond acceptors (Lipinski definition) is 4. The van der Waals surface area contributed by atoms with Crippen molar-refractivity contribution in [1.29, 1.82) is 0 Å². The molecule has 0 radical (unpaired) electrons. The van der Waals surface area contributed by atoms with Crippen molar-refractivity contribution >= 4 is 45.0 Å². The summed E-state index contributed by atoms with van der Waals surface area (Å²) in [7, 11) is -3.63. The summed E-state index contributed by atoms with van der Waals surface area (Å²) in [6.07, 6.45) is 4.93. The Balaban J connectivity index is 2.70. The number of halogens is 2. The number of thioether (sulfide) groups is 1. The van der Waals surface area contributed by atoms with Gasteiger partial charge in [-0.2, -0.15) is 11.8 Å². The molecule has 21 heavy (non-hydrogen) atoms. The van der Waals surface area contributed by atoms with Gasteiger partial charge in [0.25, 0.3) is 0 Å². The molecule has 1 aromatic carbocycles. The molecule has 0 saturated carbocycles. The van der Waals surface area contributed by atoms with Gasteiger partial charge in [-0.05, 0) is 42.5 Å². The third kappa shape index (κ3) is 5.96. The number of nitrogens with one attached hydrogen (secondary N) is 1. The van der Waals surface area contributed by atoms with Crippen molar-refractivity contribution < 1.29 is 8.42 Å². The van der Waals surface area contributed by atoms with E-state index in [1.165, 1.54) is 12.1 Å². The van der Waals surface area contributed by atoms with Crippen molar-refractivity contribution in [3.05, 3.63) is 27.7 Å². The zero-order valence-electron chi connectivity index (χ0n) is 11.9. The molecule has 0 aromatic heterocycles. The van der Waals surface area contributed by atoms with Crippen molar-refractivity contribution in [2.45, 2.75) is 30.7 Å². The minimum absolute atomic E-state index is 0.0260. The van der Waals surface area contributed by atoms with E-state index in [1.807, 2.05) is 0 Å². The van der Waals surface area contributed by atoms with Gasteiger partial charge in [0.1, 0.15) is 4.90 Å². The highest BCUT2D eigenvalue weighted by molar-refractivity contribution is 7.98. The Bertz CT molecular complexity index is 566. The molecule has 0 aliphatic heterocycles. The lowest BCUT2D eigenvalue weighted by atomic mass is 10.2. The van der Waals surface area contributed by atoms with Crippen LogP contribution in [0, 0.1) is 0 Å². The molecule has 1 rings (SSSR count). The highest BCUT2D eigenvalue weighted by Crippen LogP contribution is 2.28. The number of benzene rings is 1. The topological polar surface area (TPSA) is 72.2 Å². The van der Waals surface area contributed by atoms with Gasteiger partial charge in [-0.25, -0.2) is 13.1 Å². The Hall–Kier alpha value is 0.0200. The molecule has 0 amide bonds. The molecule has 0 bridgehead atoms. The van der Waals surface area contributed by atoms with Crippen LogP contribution in [0.4, 0.5) is 0 Å². The molecule has 0 heterocycles. The molecule has 0 aliphatic rings. The van der Waals surface area contributed by atoms with Gasteiger partial charge in [-0.15, -0.1) is 0 Å². The maximum atomic E-state index is 12.2. The van der Waals surface area contributed by atoms with Crippen molar-refractivity contribution in [1.82, 2.24) is 4.72 Å². The third-order valence-corrected chi connectivity index (χ3v) is 5.90. The van der Waals surface area contributed by atoms with Crippen LogP contribution in [0.1, 0.15) is 24.8 Å². The van der Waals surface area contributed by atoms with Crippen LogP contribution in [-0.4, -0.2) is 27.0 Å². The van der Waals surface area contributed by atoms with Gasteiger partial charge in [0, 0.05) is 18.1 Å². The standard InChI is InChI=1S/C13H20Cl2N2O2S2/c1-20-6-4-2-3-5-17-21(18,19)13-7-10(9-16)11(14)8-12(13)15/h7-8,17H,2-6,9,16H2,1H3. The SMILES string of the molecule is CSCCCCCNS(=O)(=O)c1cc(CN)c(Cl)cc1Cl. The minimum Gasteiger partial charge on any atom is -0.326 e. The molecule has 120 valence electrons. The molecule has 4 nitrogen and oxygen atoms in total. The summed E-state index contributed by atoms with van der Waals surface area (Å²) >= 11 is 13.7. The van der Waals surface area contributed by atoms with E-state index in [0.29, 0.717) is 17.1 Å². The van der Waals surface area contributed by atoms with E-state index in [-0.39, 0.29) is 16.5 Å². The summed E-state index contributed by atoms with van der Waals surface area (Å²) in [5.41, 5.74) is 6.09. The largest absolute Gasteiger partial charge is 0.326 e. The number of hydrogen-bond donors (Lipinski definition) is 2. The van der Waals surface area contributed by atoms with Crippen LogP contribution in [0.3, 0.4) is 0 Å². The van der Waals surface area contributed by atoms with Crippen LogP contribution in [0.25, 0.3) is 0 Å². The second kappa shape index (κ2) is 9.22. The van der Waals surface area contributed by atoms with Gasteiger partial charge in [0.2, 0.25) is 10.0 Å². The first kappa shape index (κ1) is 19.1. The van der Waals surface area contributed by atoms with Crippen molar-refractivity contribution in [2.24, 2.45) is 5.73 Å². The summed E-state index contributed by atoms with van der Waals surface area (Å²) in [6, 6.07) is 2.85. The van der Waals surface area contributed by atoms with Crippen LogP contribution >= 0.6 is 35.0 Å². The quantitative estimate of drug-likeness (QED) is 0.654. The number of sulfonamides is 1. The highest BCUT2D eigenvalue weighted by Gasteiger charge is 2.19. The van der Waals surface area contributed by atoms with E-state index in [9.17, 15) is 8.42 Å². The lowest BCUT2D eigenvalue weighted by Gasteiger charge is -2.11. The number of unbranched alkanes of at least 4 members (excludes halogenated alkanes) is 2. The Kier molecular flexibility index (Phi) is 8.38. The van der Waals surface area contributed by atoms with E-state index in [2.05, 4.69) is 11.0 Å². The number of rotatable bonds is 9. The Labute approximate surface area is 140 Å². The van der Waals surface area contributed by atoms with Crippen LogP contribution in [0.15, 0.2) is 17.0 Å². The average Bonchev–Trinajstić information content (AvgIpc) is 2.42. The van der Waals surface area contributed by atoms with Gasteiger partial charge < -0.3 is 5.73 Å². The summed E-state index contributed by atoms with van der Waals surface area (Å²) in [5.74, 6) is 1.09. The molecular formula is C13H20Cl2N2O2S2. The van der Waals surface area contributed by atoms with Gasteiger partial charge in [-0.1, -0.05) is 29.6 Å². The first-order valence-electron chi connectivity index (χ1n) is 6.59. The summed E-state index contributed by atoms with van der Waals surface area (Å²) in [6.45, 7) is 0.556. The summed E-state index contributed by atoms with van der Waals surface area (Å²) in [5, 5.41) is 0.477. The second-order valence-electron chi connectivity index (χ2n) is 4.53. The molecule has 0 saturated heterocycles. The zero-order chi connectivity index (χ0) is 15.9. The van der Waals surface area contributed by atoms with E-state index in [1.54, 1.807) is 11.8 Å². The Morgan fingerprint density at radius 3 is 2.52 bits per heavy atom. The molecule has 0 aliphatic carbocycles. The van der Waals surface area contributed by atoms with Gasteiger partial charge in [0.15, 0.2) is 0 Å². The summed E-state index contributed by atoms with van der Waals surface area (Å²) in [4.78, 5) is 0.0260. The van der Waals surface area contributed by atoms with Gasteiger partial charge in [0.05, 0.1) is 5.02 Å². The molecular weight excluding hydrogens is 351 g/mol. The fraction of sp³-hybridized carbons (Fsp3) is 0.538. The lowest BCUT2D eigenvalue weighted by molar-refractivity contribution is 0.576. The molecule has 8 heteroatoms. The highest BCUT2D eigenvalue weighted by atomic mass is 35.5. The van der Waals surface area contributed by atoms with E-state index < -0.39 is 10.0 Å². The predicted molar refractivity (Wildman–Crippen MR) is 91.8 cm³/mol. The second-order valence-corrected chi connectivity index (χ2v) is 8.06. The van der Waals surface area contributed by atoms with Crippen LogP contribution < -0.4 is 10.5 Å². The first-order chi connectivity index (χ1) is 9.92. The fourth-order valence-corrected chi connectivity index (χ4v) is 4.21. The lowest BCUT2D eigenvalue weighted by Crippen LogP contribution is -2.25. The Morgan fingerprint density at radius 2 is 1.90 bits per heavy atom. The smallest absolute Gasteiger partial charge is 0.242 e. The van der Waals surface area contributed by atoms with Crippen molar-refractivity contribution in [2.75, 3.05) is 18.6 Å². The molecule has 1 aromatic rings. The normalized spacial score (nSPS) is 11.8. The molecule has 0 unspecified atom stereocenters. The predicted octanol–water partition coefficient (Wildman–Crippen LogP) is 3.26. The third-order valence-electron chi connectivity index (χ3n) is 2.93. The van der Waals surface area contributed by atoms with Crippen LogP contribution in [0.5, 0.6) is 0 Å². The van der Waals surface area contributed by atoms with Crippen molar-refractivity contribution in [3.63, 3.8) is 0 Å². The molecule has 0 spiro atoms. The minimum atomic E-state index is -3.63. The van der Waals surface area contributed by atoms with Gasteiger partial charge in [-0.3, -0.25) is 0 Å². The first-order valence-corrected chi connectivity index (χ1v) is 10.2.